The monoisotopic (exact) mass is 314 g/mol. The summed E-state index contributed by atoms with van der Waals surface area (Å²) in [6.45, 7) is 1.45. The van der Waals surface area contributed by atoms with Crippen molar-refractivity contribution in [3.63, 3.8) is 0 Å². The first-order valence-electron chi connectivity index (χ1n) is 7.23. The molecule has 2 aromatic carbocycles. The molecule has 0 bridgehead atoms. The number of carbonyl (C=O) groups is 1. The fourth-order valence-electron chi connectivity index (χ4n) is 2.28. The summed E-state index contributed by atoms with van der Waals surface area (Å²) < 4.78 is 0. The lowest BCUT2D eigenvalue weighted by Gasteiger charge is -2.20. The number of nitro benzene ring substituents is 1. The van der Waals surface area contributed by atoms with Crippen molar-refractivity contribution >= 4 is 11.6 Å². The summed E-state index contributed by atoms with van der Waals surface area (Å²) in [6, 6.07) is 14.6. The Labute approximate surface area is 133 Å². The highest BCUT2D eigenvalue weighted by Crippen LogP contribution is 2.22. The Kier molecular flexibility index (Phi) is 5.43. The lowest BCUT2D eigenvalue weighted by atomic mass is 9.98. The van der Waals surface area contributed by atoms with Gasteiger partial charge in [0, 0.05) is 12.1 Å². The fourth-order valence-corrected chi connectivity index (χ4v) is 2.28. The van der Waals surface area contributed by atoms with Crippen molar-refractivity contribution < 1.29 is 14.8 Å². The van der Waals surface area contributed by atoms with Gasteiger partial charge in [0.15, 0.2) is 0 Å². The molecule has 2 atom stereocenters. The minimum atomic E-state index is -0.562. The Morgan fingerprint density at radius 1 is 1.17 bits per heavy atom. The molecule has 2 aromatic rings. The van der Waals surface area contributed by atoms with Crippen molar-refractivity contribution in [2.45, 2.75) is 18.9 Å². The second kappa shape index (κ2) is 7.51. The zero-order valence-corrected chi connectivity index (χ0v) is 12.7. The maximum Gasteiger partial charge on any atom is 0.269 e. The van der Waals surface area contributed by atoms with Gasteiger partial charge in [-0.15, -0.1) is 0 Å². The van der Waals surface area contributed by atoms with Crippen LogP contribution in [0.5, 0.6) is 0 Å². The molecule has 0 heterocycles. The molecular formula is C17H18N2O4. The zero-order chi connectivity index (χ0) is 16.8. The number of hydrogen-bond donors (Lipinski definition) is 2. The molecule has 0 radical (unpaired) electrons. The minimum absolute atomic E-state index is 0.0519. The third-order valence-electron chi connectivity index (χ3n) is 3.68. The van der Waals surface area contributed by atoms with E-state index in [4.69, 9.17) is 0 Å². The number of aliphatic hydroxyl groups is 1. The van der Waals surface area contributed by atoms with Crippen molar-refractivity contribution in [3.8, 4) is 0 Å². The van der Waals surface area contributed by atoms with Crippen LogP contribution in [0.25, 0.3) is 0 Å². The van der Waals surface area contributed by atoms with Crippen LogP contribution in [0.1, 0.15) is 30.0 Å². The first-order valence-corrected chi connectivity index (χ1v) is 7.23. The van der Waals surface area contributed by atoms with Crippen LogP contribution in [0.4, 0.5) is 5.69 Å². The normalized spacial score (nSPS) is 13.1. The van der Waals surface area contributed by atoms with Crippen LogP contribution in [0.3, 0.4) is 0 Å². The van der Waals surface area contributed by atoms with Gasteiger partial charge in [-0.1, -0.05) is 42.5 Å². The van der Waals surface area contributed by atoms with E-state index in [1.54, 1.807) is 19.1 Å². The average Bonchev–Trinajstić information content (AvgIpc) is 2.59. The number of hydrogen-bond acceptors (Lipinski definition) is 4. The maximum atomic E-state index is 12.4. The van der Waals surface area contributed by atoms with Crippen molar-refractivity contribution in [2.75, 3.05) is 6.61 Å². The molecule has 0 spiro atoms. The van der Waals surface area contributed by atoms with Crippen molar-refractivity contribution in [1.29, 1.82) is 0 Å². The molecule has 6 heteroatoms. The Hall–Kier alpha value is -2.73. The van der Waals surface area contributed by atoms with Gasteiger partial charge in [-0.05, 0) is 18.1 Å². The van der Waals surface area contributed by atoms with E-state index >= 15 is 0 Å². The van der Waals surface area contributed by atoms with Crippen molar-refractivity contribution in [1.82, 2.24) is 5.32 Å². The molecule has 23 heavy (non-hydrogen) atoms. The van der Waals surface area contributed by atoms with Gasteiger partial charge in [0.05, 0.1) is 23.5 Å². The van der Waals surface area contributed by atoms with Gasteiger partial charge < -0.3 is 10.4 Å². The Morgan fingerprint density at radius 3 is 2.43 bits per heavy atom. The highest BCUT2D eigenvalue weighted by molar-refractivity contribution is 5.83. The third kappa shape index (κ3) is 4.14. The first-order chi connectivity index (χ1) is 11.0. The van der Waals surface area contributed by atoms with E-state index in [2.05, 4.69) is 5.32 Å². The molecule has 0 aliphatic rings. The van der Waals surface area contributed by atoms with E-state index in [-0.39, 0.29) is 18.2 Å². The molecule has 1 amide bonds. The molecule has 0 aliphatic heterocycles. The van der Waals surface area contributed by atoms with Gasteiger partial charge in [0.25, 0.3) is 5.69 Å². The van der Waals surface area contributed by atoms with Crippen LogP contribution in [0, 0.1) is 10.1 Å². The molecule has 0 unspecified atom stereocenters. The van der Waals surface area contributed by atoms with Crippen molar-refractivity contribution in [2.24, 2.45) is 0 Å². The van der Waals surface area contributed by atoms with Gasteiger partial charge in [-0.25, -0.2) is 0 Å². The fraction of sp³-hybridized carbons (Fsp3) is 0.235. The number of non-ortho nitro benzene ring substituents is 1. The Bertz CT molecular complexity index is 688. The van der Waals surface area contributed by atoms with E-state index in [0.717, 1.165) is 5.56 Å². The van der Waals surface area contributed by atoms with Gasteiger partial charge in [0.2, 0.25) is 5.91 Å². The molecule has 0 saturated carbocycles. The molecule has 0 fully saturated rings. The van der Waals surface area contributed by atoms with Gasteiger partial charge in [-0.3, -0.25) is 14.9 Å². The molecule has 120 valence electrons. The standard InChI is InChI=1S/C17H18N2O4/c1-12(14-8-5-9-15(10-14)19(22)23)17(21)18-16(11-20)13-6-3-2-4-7-13/h2-10,12,16,20H,11H2,1H3,(H,18,21)/t12-,16-/m0/s1. The molecule has 2 N–H and O–H groups in total. The number of aliphatic hydroxyl groups excluding tert-OH is 1. The van der Waals surface area contributed by atoms with Crippen LogP contribution in [-0.4, -0.2) is 22.5 Å². The van der Waals surface area contributed by atoms with E-state index in [1.165, 1.54) is 12.1 Å². The van der Waals surface area contributed by atoms with Crippen molar-refractivity contribution in [3.05, 3.63) is 75.8 Å². The zero-order valence-electron chi connectivity index (χ0n) is 12.7. The van der Waals surface area contributed by atoms with Gasteiger partial charge in [-0.2, -0.15) is 0 Å². The van der Waals surface area contributed by atoms with E-state index in [9.17, 15) is 20.0 Å². The number of benzene rings is 2. The highest BCUT2D eigenvalue weighted by Gasteiger charge is 2.21. The lowest BCUT2D eigenvalue weighted by Crippen LogP contribution is -2.33. The second-order valence-electron chi connectivity index (χ2n) is 5.23. The molecule has 6 nitrogen and oxygen atoms in total. The van der Waals surface area contributed by atoms with E-state index < -0.39 is 16.9 Å². The van der Waals surface area contributed by atoms with E-state index in [0.29, 0.717) is 5.56 Å². The smallest absolute Gasteiger partial charge is 0.269 e. The molecular weight excluding hydrogens is 296 g/mol. The number of carbonyl (C=O) groups excluding carboxylic acids is 1. The Morgan fingerprint density at radius 2 is 1.83 bits per heavy atom. The molecule has 0 aliphatic carbocycles. The number of nitrogens with zero attached hydrogens (tertiary/aromatic N) is 1. The number of rotatable bonds is 6. The van der Waals surface area contributed by atoms with Gasteiger partial charge in [0.1, 0.15) is 0 Å². The predicted octanol–water partition coefficient (Wildman–Crippen LogP) is 2.55. The SMILES string of the molecule is C[C@H](C(=O)N[C@@H](CO)c1ccccc1)c1cccc([N+](=O)[O-])c1. The summed E-state index contributed by atoms with van der Waals surface area (Å²) in [5.41, 5.74) is 1.31. The topological polar surface area (TPSA) is 92.5 Å². The highest BCUT2D eigenvalue weighted by atomic mass is 16.6. The summed E-state index contributed by atoms with van der Waals surface area (Å²) in [7, 11) is 0. The van der Waals surface area contributed by atoms with Crippen LogP contribution < -0.4 is 5.32 Å². The molecule has 2 rings (SSSR count). The van der Waals surface area contributed by atoms with Crippen LogP contribution in [-0.2, 0) is 4.79 Å². The van der Waals surface area contributed by atoms with E-state index in [1.807, 2.05) is 30.3 Å². The quantitative estimate of drug-likeness (QED) is 0.633. The summed E-state index contributed by atoms with van der Waals surface area (Å²) in [6.07, 6.45) is 0. The molecule has 0 aromatic heterocycles. The summed E-state index contributed by atoms with van der Waals surface area (Å²) in [5, 5.41) is 23.1. The van der Waals surface area contributed by atoms with Crippen LogP contribution >= 0.6 is 0 Å². The molecule has 0 saturated heterocycles. The number of amides is 1. The average molecular weight is 314 g/mol. The largest absolute Gasteiger partial charge is 0.394 e. The predicted molar refractivity (Wildman–Crippen MR) is 85.9 cm³/mol. The third-order valence-corrected chi connectivity index (χ3v) is 3.68. The van der Waals surface area contributed by atoms with Crippen LogP contribution in [0.15, 0.2) is 54.6 Å². The maximum absolute atomic E-state index is 12.4. The Balaban J connectivity index is 2.13. The first kappa shape index (κ1) is 16.6. The lowest BCUT2D eigenvalue weighted by molar-refractivity contribution is -0.384. The number of nitrogens with one attached hydrogen (secondary N) is 1. The summed E-state index contributed by atoms with van der Waals surface area (Å²) in [5.74, 6) is -0.860. The second-order valence-corrected chi connectivity index (χ2v) is 5.23. The summed E-state index contributed by atoms with van der Waals surface area (Å²) in [4.78, 5) is 22.7. The van der Waals surface area contributed by atoms with Crippen LogP contribution in [0.2, 0.25) is 0 Å². The summed E-state index contributed by atoms with van der Waals surface area (Å²) >= 11 is 0. The number of nitro groups is 1. The minimum Gasteiger partial charge on any atom is -0.394 e. The van der Waals surface area contributed by atoms with Gasteiger partial charge >= 0.3 is 0 Å².